The number of hydrogen-bond acceptors (Lipinski definition) is 10. The van der Waals surface area contributed by atoms with Crippen LogP contribution < -0.4 is 16.2 Å². The number of fused-ring (bicyclic) bond motifs is 1. The van der Waals surface area contributed by atoms with Crippen molar-refractivity contribution in [1.29, 1.82) is 0 Å². The summed E-state index contributed by atoms with van der Waals surface area (Å²) < 4.78 is 0.641. The van der Waals surface area contributed by atoms with Crippen molar-refractivity contribution in [3.05, 3.63) is 23.2 Å². The van der Waals surface area contributed by atoms with Gasteiger partial charge in [0.2, 0.25) is 5.91 Å². The maximum absolute atomic E-state index is 12.7. The number of amides is 2. The van der Waals surface area contributed by atoms with Crippen LogP contribution in [-0.2, 0) is 19.2 Å². The van der Waals surface area contributed by atoms with Gasteiger partial charge in [-0.25, -0.2) is 4.98 Å². The number of aromatic nitrogens is 1. The zero-order valence-corrected chi connectivity index (χ0v) is 19.9. The summed E-state index contributed by atoms with van der Waals surface area (Å²) in [4.78, 5) is 47.7. The number of nitrogens with one attached hydrogen (secondary N) is 1. The molecular formula is C19H26N6O5S2. The lowest BCUT2D eigenvalue weighted by atomic mass is 9.86. The van der Waals surface area contributed by atoms with Gasteiger partial charge >= 0.3 is 0 Å². The van der Waals surface area contributed by atoms with Gasteiger partial charge in [0, 0.05) is 17.7 Å². The van der Waals surface area contributed by atoms with Gasteiger partial charge in [0.05, 0.1) is 39.1 Å². The van der Waals surface area contributed by atoms with E-state index in [0.717, 1.165) is 11.3 Å². The number of carboxylic acids is 1. The highest BCUT2D eigenvalue weighted by Gasteiger charge is 2.55. The first kappa shape index (κ1) is 24.0. The molecule has 2 unspecified atom stereocenters. The highest BCUT2D eigenvalue weighted by Crippen LogP contribution is 2.42. The molecule has 3 N–H and O–H groups in total. The Morgan fingerprint density at radius 3 is 2.78 bits per heavy atom. The number of nitrogens with zero attached hydrogens (tertiary/aromatic N) is 4. The molecule has 3 heterocycles. The number of thioether (sulfide) groups is 1. The van der Waals surface area contributed by atoms with Crippen molar-refractivity contribution in [2.24, 2.45) is 10.6 Å². The number of thiazole rings is 1. The van der Waals surface area contributed by atoms with E-state index in [1.165, 1.54) is 23.8 Å². The number of nitrogen functional groups attached to an aromatic ring is 1. The molecule has 0 spiro atoms. The number of nitrogens with two attached hydrogens (primary N) is 1. The molecule has 0 saturated carbocycles. The Balaban J connectivity index is 1.70. The zero-order chi connectivity index (χ0) is 23.7. The predicted octanol–water partition coefficient (Wildman–Crippen LogP) is -1.53. The van der Waals surface area contributed by atoms with Gasteiger partial charge in [0.15, 0.2) is 10.8 Å². The van der Waals surface area contributed by atoms with Gasteiger partial charge in [-0.3, -0.25) is 9.59 Å². The monoisotopic (exact) mass is 482 g/mol. The lowest BCUT2D eigenvalue weighted by molar-refractivity contribution is -0.864. The minimum atomic E-state index is -1.28. The largest absolute Gasteiger partial charge is 0.549 e. The van der Waals surface area contributed by atoms with E-state index in [2.05, 4.69) is 15.5 Å². The van der Waals surface area contributed by atoms with Gasteiger partial charge in [-0.2, -0.15) is 0 Å². The second-order valence-electron chi connectivity index (χ2n) is 8.63. The molecule has 3 rings (SSSR count). The van der Waals surface area contributed by atoms with Gasteiger partial charge in [-0.15, -0.1) is 23.1 Å². The molecule has 0 bridgehead atoms. The molecule has 2 amide bonds. The van der Waals surface area contributed by atoms with Crippen LogP contribution in [0.2, 0.25) is 0 Å². The highest BCUT2D eigenvalue weighted by atomic mass is 32.2. The van der Waals surface area contributed by atoms with E-state index in [1.807, 2.05) is 27.2 Å². The number of hydrogen-bond donors (Lipinski definition) is 2. The zero-order valence-electron chi connectivity index (χ0n) is 18.2. The third kappa shape index (κ3) is 4.89. The van der Waals surface area contributed by atoms with Gasteiger partial charge < -0.3 is 35.2 Å². The second kappa shape index (κ2) is 9.08. The third-order valence-electron chi connectivity index (χ3n) is 5.05. The minimum absolute atomic E-state index is 0.00646. The first-order chi connectivity index (χ1) is 15.0. The fourth-order valence-corrected chi connectivity index (χ4v) is 5.44. The fourth-order valence-electron chi connectivity index (χ4n) is 3.38. The van der Waals surface area contributed by atoms with Gasteiger partial charge in [-0.1, -0.05) is 11.2 Å². The first-order valence-electron chi connectivity index (χ1n) is 9.72. The van der Waals surface area contributed by atoms with Gasteiger partial charge in [0.25, 0.3) is 5.91 Å². The molecule has 11 nitrogen and oxygen atoms in total. The predicted molar refractivity (Wildman–Crippen MR) is 119 cm³/mol. The van der Waals surface area contributed by atoms with E-state index in [0.29, 0.717) is 11.0 Å². The van der Waals surface area contributed by atoms with Crippen LogP contribution in [0.4, 0.5) is 5.13 Å². The Kier molecular flexibility index (Phi) is 6.81. The minimum Gasteiger partial charge on any atom is -0.549 e. The van der Waals surface area contributed by atoms with Crippen LogP contribution in [0.25, 0.3) is 0 Å². The summed E-state index contributed by atoms with van der Waals surface area (Å²) in [5.74, 6) is -1.99. The summed E-state index contributed by atoms with van der Waals surface area (Å²) in [6.07, 6.45) is 3.44. The second-order valence-corrected chi connectivity index (χ2v) is 10.6. The van der Waals surface area contributed by atoms with Crippen LogP contribution in [0, 0.1) is 5.41 Å². The van der Waals surface area contributed by atoms with E-state index >= 15 is 0 Å². The molecule has 0 aliphatic carbocycles. The Hall–Kier alpha value is -2.64. The number of carboxylic acid groups (broad SMARTS) is 1. The number of aliphatic carboxylic acids is 1. The van der Waals surface area contributed by atoms with Crippen molar-refractivity contribution in [2.75, 3.05) is 52.8 Å². The Morgan fingerprint density at radius 2 is 2.22 bits per heavy atom. The number of anilines is 1. The molecule has 2 aliphatic rings. The van der Waals surface area contributed by atoms with E-state index in [9.17, 15) is 19.5 Å². The molecule has 2 saturated heterocycles. The topological polar surface area (TPSA) is 150 Å². The third-order valence-corrected chi connectivity index (χ3v) is 7.27. The summed E-state index contributed by atoms with van der Waals surface area (Å²) in [7, 11) is 7.28. The summed E-state index contributed by atoms with van der Waals surface area (Å²) >= 11 is 2.44. The fraction of sp³-hybridized carbons (Fsp3) is 0.526. The van der Waals surface area contributed by atoms with E-state index in [4.69, 9.17) is 10.6 Å². The number of quaternary nitrogens is 1. The van der Waals surface area contributed by atoms with Crippen molar-refractivity contribution in [1.82, 2.24) is 15.2 Å². The van der Waals surface area contributed by atoms with Crippen molar-refractivity contribution >= 4 is 51.7 Å². The van der Waals surface area contributed by atoms with Crippen molar-refractivity contribution in [3.63, 3.8) is 0 Å². The molecule has 3 atom stereocenters. The molecule has 174 valence electrons. The maximum Gasteiger partial charge on any atom is 0.276 e. The van der Waals surface area contributed by atoms with Crippen molar-refractivity contribution in [2.45, 2.75) is 11.4 Å². The quantitative estimate of drug-likeness (QED) is 0.149. The van der Waals surface area contributed by atoms with Crippen LogP contribution >= 0.6 is 23.1 Å². The number of carbonyl (C=O) groups is 3. The van der Waals surface area contributed by atoms with Crippen LogP contribution in [0.3, 0.4) is 0 Å². The Morgan fingerprint density at radius 1 is 1.50 bits per heavy atom. The molecule has 2 aliphatic heterocycles. The average Bonchev–Trinajstić information content (AvgIpc) is 3.14. The molecule has 32 heavy (non-hydrogen) atoms. The molecule has 2 fully saturated rings. The van der Waals surface area contributed by atoms with Crippen LogP contribution in [0.15, 0.2) is 22.7 Å². The number of β-lactam (4-membered cyclic amide) rings is 1. The molecule has 13 heteroatoms. The summed E-state index contributed by atoms with van der Waals surface area (Å²) in [6, 6.07) is -0.805. The van der Waals surface area contributed by atoms with Crippen LogP contribution in [0.5, 0.6) is 0 Å². The summed E-state index contributed by atoms with van der Waals surface area (Å²) in [5, 5.41) is 19.8. The lowest BCUT2D eigenvalue weighted by Crippen LogP contribution is -2.74. The number of oxime groups is 1. The van der Waals surface area contributed by atoms with Crippen molar-refractivity contribution < 1.29 is 28.8 Å². The number of likely N-dealkylation sites (N-methyl/N-ethyl adjacent to an activating group) is 1. The Bertz CT molecular complexity index is 972. The summed E-state index contributed by atoms with van der Waals surface area (Å²) in [6.45, 7) is 0.631. The Labute approximate surface area is 193 Å². The van der Waals surface area contributed by atoms with E-state index in [1.54, 1.807) is 11.5 Å². The SMILES string of the molecule is CON=C(C(=O)NC1C(=O)N2CC(C=CC[N+](C)(C)C)(C(=O)[O-])CS[C@H]12)c1csc(N)n1. The summed E-state index contributed by atoms with van der Waals surface area (Å²) in [5.41, 5.74) is 4.49. The maximum atomic E-state index is 12.7. The van der Waals surface area contributed by atoms with Crippen LogP contribution in [0.1, 0.15) is 5.69 Å². The number of rotatable bonds is 8. The van der Waals surface area contributed by atoms with Crippen LogP contribution in [-0.4, -0.2) is 96.4 Å². The van der Waals surface area contributed by atoms with Gasteiger partial charge in [0.1, 0.15) is 24.2 Å². The molecule has 0 aromatic carbocycles. The average molecular weight is 483 g/mol. The molecule has 1 aromatic heterocycles. The van der Waals surface area contributed by atoms with Gasteiger partial charge in [-0.05, 0) is 6.08 Å². The molecule has 1 aromatic rings. The van der Waals surface area contributed by atoms with E-state index in [-0.39, 0.29) is 40.1 Å². The lowest BCUT2D eigenvalue weighted by Gasteiger charge is -2.54. The standard InChI is InChI=1S/C19H26N6O5S2/c1-25(2,3)7-5-6-19(17(28)29)9-24-15(27)13(16(24)32-10-19)22-14(26)12(23-30-4)11-8-31-18(20)21-11/h5-6,8,13,16H,7,9-10H2,1-4H3,(H3-,20,21,22,26,28,29)/t13?,16-,19?/m1/s1. The normalized spacial score (nSPS) is 25.9. The smallest absolute Gasteiger partial charge is 0.276 e. The first-order valence-corrected chi connectivity index (χ1v) is 11.7. The molecule has 0 radical (unpaired) electrons. The number of carbonyl (C=O) groups excluding carboxylic acids is 3. The highest BCUT2D eigenvalue weighted by molar-refractivity contribution is 8.00. The van der Waals surface area contributed by atoms with E-state index < -0.39 is 23.3 Å². The molecular weight excluding hydrogens is 456 g/mol. The van der Waals surface area contributed by atoms with Crippen molar-refractivity contribution in [3.8, 4) is 0 Å².